The van der Waals surface area contributed by atoms with E-state index < -0.39 is 0 Å². The quantitative estimate of drug-likeness (QED) is 0.879. The van der Waals surface area contributed by atoms with Gasteiger partial charge in [-0.3, -0.25) is 4.98 Å². The van der Waals surface area contributed by atoms with Gasteiger partial charge in [0, 0.05) is 17.9 Å². The summed E-state index contributed by atoms with van der Waals surface area (Å²) < 4.78 is 14.0. The lowest BCUT2D eigenvalue weighted by Crippen LogP contribution is -2.04. The molecule has 0 aliphatic heterocycles. The van der Waals surface area contributed by atoms with Crippen LogP contribution in [0.3, 0.4) is 0 Å². The summed E-state index contributed by atoms with van der Waals surface area (Å²) in [5, 5.41) is 3.91. The van der Waals surface area contributed by atoms with Gasteiger partial charge in [0.1, 0.15) is 5.82 Å². The molecule has 1 N–H and O–H groups in total. The molecule has 0 amide bonds. The highest BCUT2D eigenvalue weighted by Crippen LogP contribution is 2.28. The Kier molecular flexibility index (Phi) is 3.80. The number of fused-ring (bicyclic) bond motifs is 1. The van der Waals surface area contributed by atoms with E-state index in [1.807, 2.05) is 13.0 Å². The van der Waals surface area contributed by atoms with E-state index in [2.05, 4.69) is 24.1 Å². The lowest BCUT2D eigenvalue weighted by atomic mass is 10.1. The number of aromatic nitrogens is 1. The lowest BCUT2D eigenvalue weighted by molar-refractivity contribution is 0.639. The average molecular weight is 246 g/mol. The third kappa shape index (κ3) is 2.30. The van der Waals surface area contributed by atoms with Gasteiger partial charge in [0.25, 0.3) is 0 Å². The van der Waals surface area contributed by atoms with E-state index in [0.29, 0.717) is 5.39 Å². The standard InChI is InChI=1S/C15H19FN2/c1-4-8-17-13-9-11(5-2)18-15-10(3)6-7-12(16)14(13)15/h6-7,9H,4-5,8H2,1-3H3,(H,17,18). The largest absolute Gasteiger partial charge is 0.384 e. The van der Waals surface area contributed by atoms with Crippen LogP contribution in [0.2, 0.25) is 0 Å². The van der Waals surface area contributed by atoms with Crippen LogP contribution in [0.25, 0.3) is 10.9 Å². The van der Waals surface area contributed by atoms with Gasteiger partial charge >= 0.3 is 0 Å². The summed E-state index contributed by atoms with van der Waals surface area (Å²) in [6, 6.07) is 5.26. The first-order valence-corrected chi connectivity index (χ1v) is 6.50. The predicted molar refractivity (Wildman–Crippen MR) is 74.6 cm³/mol. The first-order valence-electron chi connectivity index (χ1n) is 6.50. The van der Waals surface area contributed by atoms with Crippen molar-refractivity contribution in [2.75, 3.05) is 11.9 Å². The minimum absolute atomic E-state index is 0.204. The molecule has 2 rings (SSSR count). The van der Waals surface area contributed by atoms with E-state index in [0.717, 1.165) is 41.8 Å². The molecule has 0 bridgehead atoms. The van der Waals surface area contributed by atoms with Crippen molar-refractivity contribution in [3.63, 3.8) is 0 Å². The molecule has 0 saturated heterocycles. The second-order valence-electron chi connectivity index (χ2n) is 4.53. The van der Waals surface area contributed by atoms with Crippen LogP contribution in [0, 0.1) is 12.7 Å². The summed E-state index contributed by atoms with van der Waals surface area (Å²) >= 11 is 0. The van der Waals surface area contributed by atoms with Crippen molar-refractivity contribution in [2.24, 2.45) is 0 Å². The van der Waals surface area contributed by atoms with E-state index in [1.165, 1.54) is 6.07 Å². The first kappa shape index (κ1) is 12.8. The Morgan fingerprint density at radius 3 is 2.72 bits per heavy atom. The Balaban J connectivity index is 2.68. The van der Waals surface area contributed by atoms with E-state index in [4.69, 9.17) is 0 Å². The molecule has 0 saturated carbocycles. The fraction of sp³-hybridized carbons (Fsp3) is 0.400. The molecule has 3 heteroatoms. The van der Waals surface area contributed by atoms with Crippen molar-refractivity contribution >= 4 is 16.6 Å². The number of rotatable bonds is 4. The minimum atomic E-state index is -0.204. The molecule has 96 valence electrons. The predicted octanol–water partition coefficient (Wildman–Crippen LogP) is 4.07. The van der Waals surface area contributed by atoms with Crippen molar-refractivity contribution in [1.29, 1.82) is 0 Å². The van der Waals surface area contributed by atoms with Gasteiger partial charge in [-0.25, -0.2) is 4.39 Å². The number of hydrogen-bond acceptors (Lipinski definition) is 2. The molecular formula is C15H19FN2. The van der Waals surface area contributed by atoms with Gasteiger partial charge in [0.15, 0.2) is 0 Å². The first-order chi connectivity index (χ1) is 8.67. The number of hydrogen-bond donors (Lipinski definition) is 1. The maximum atomic E-state index is 14.0. The number of halogens is 1. The summed E-state index contributed by atoms with van der Waals surface area (Å²) in [6.07, 6.45) is 1.87. The zero-order chi connectivity index (χ0) is 13.1. The zero-order valence-corrected chi connectivity index (χ0v) is 11.2. The zero-order valence-electron chi connectivity index (χ0n) is 11.2. The topological polar surface area (TPSA) is 24.9 Å². The van der Waals surface area contributed by atoms with Crippen LogP contribution < -0.4 is 5.32 Å². The molecule has 1 aromatic carbocycles. The van der Waals surface area contributed by atoms with Gasteiger partial charge in [0.2, 0.25) is 0 Å². The number of pyridine rings is 1. The van der Waals surface area contributed by atoms with Crippen LogP contribution in [0.5, 0.6) is 0 Å². The van der Waals surface area contributed by atoms with E-state index in [9.17, 15) is 4.39 Å². The SMILES string of the molecule is CCCNc1cc(CC)nc2c(C)ccc(F)c12. The Bertz CT molecular complexity index is 564. The molecule has 0 spiro atoms. The van der Waals surface area contributed by atoms with Gasteiger partial charge in [-0.05, 0) is 37.5 Å². The van der Waals surface area contributed by atoms with Gasteiger partial charge < -0.3 is 5.32 Å². The Labute approximate surface area is 107 Å². The highest BCUT2D eigenvalue weighted by Gasteiger charge is 2.11. The van der Waals surface area contributed by atoms with Crippen molar-refractivity contribution in [3.8, 4) is 0 Å². The second-order valence-corrected chi connectivity index (χ2v) is 4.53. The van der Waals surface area contributed by atoms with Crippen LogP contribution in [0.15, 0.2) is 18.2 Å². The molecule has 2 aromatic rings. The summed E-state index contributed by atoms with van der Waals surface area (Å²) in [4.78, 5) is 4.54. The smallest absolute Gasteiger partial charge is 0.134 e. The van der Waals surface area contributed by atoms with Crippen molar-refractivity contribution < 1.29 is 4.39 Å². The molecule has 1 aromatic heterocycles. The Morgan fingerprint density at radius 1 is 1.28 bits per heavy atom. The second kappa shape index (κ2) is 5.34. The maximum absolute atomic E-state index is 14.0. The monoisotopic (exact) mass is 246 g/mol. The van der Waals surface area contributed by atoms with E-state index in [-0.39, 0.29) is 5.82 Å². The van der Waals surface area contributed by atoms with Gasteiger partial charge in [-0.15, -0.1) is 0 Å². The summed E-state index contributed by atoms with van der Waals surface area (Å²) in [5.41, 5.74) is 3.64. The van der Waals surface area contributed by atoms with Crippen molar-refractivity contribution in [1.82, 2.24) is 4.98 Å². The Hall–Kier alpha value is -1.64. The Morgan fingerprint density at radius 2 is 2.06 bits per heavy atom. The number of aryl methyl sites for hydroxylation is 2. The number of nitrogens with one attached hydrogen (secondary N) is 1. The minimum Gasteiger partial charge on any atom is -0.384 e. The molecular weight excluding hydrogens is 227 g/mol. The fourth-order valence-electron chi connectivity index (χ4n) is 2.07. The molecule has 0 radical (unpaired) electrons. The molecule has 0 aliphatic rings. The lowest BCUT2D eigenvalue weighted by Gasteiger charge is -2.12. The maximum Gasteiger partial charge on any atom is 0.134 e. The highest BCUT2D eigenvalue weighted by atomic mass is 19.1. The van der Waals surface area contributed by atoms with Crippen LogP contribution in [-0.4, -0.2) is 11.5 Å². The summed E-state index contributed by atoms with van der Waals surface area (Å²) in [7, 11) is 0. The normalized spacial score (nSPS) is 10.9. The van der Waals surface area contributed by atoms with Gasteiger partial charge in [-0.1, -0.05) is 19.9 Å². The molecule has 18 heavy (non-hydrogen) atoms. The fourth-order valence-corrected chi connectivity index (χ4v) is 2.07. The molecule has 0 aliphatic carbocycles. The molecule has 0 atom stereocenters. The number of nitrogens with zero attached hydrogens (tertiary/aromatic N) is 1. The third-order valence-corrected chi connectivity index (χ3v) is 3.09. The van der Waals surface area contributed by atoms with Crippen LogP contribution in [-0.2, 0) is 6.42 Å². The molecule has 2 nitrogen and oxygen atoms in total. The number of anilines is 1. The average Bonchev–Trinajstić information content (AvgIpc) is 2.39. The van der Waals surface area contributed by atoms with Crippen LogP contribution in [0.1, 0.15) is 31.5 Å². The van der Waals surface area contributed by atoms with Crippen LogP contribution in [0.4, 0.5) is 10.1 Å². The molecule has 0 unspecified atom stereocenters. The summed E-state index contributed by atoms with van der Waals surface area (Å²) in [6.45, 7) is 6.97. The van der Waals surface area contributed by atoms with Crippen molar-refractivity contribution in [3.05, 3.63) is 35.3 Å². The number of benzene rings is 1. The van der Waals surface area contributed by atoms with Gasteiger partial charge in [-0.2, -0.15) is 0 Å². The van der Waals surface area contributed by atoms with Gasteiger partial charge in [0.05, 0.1) is 10.9 Å². The van der Waals surface area contributed by atoms with Crippen LogP contribution >= 0.6 is 0 Å². The summed E-state index contributed by atoms with van der Waals surface area (Å²) in [5.74, 6) is -0.204. The molecule has 0 fully saturated rings. The third-order valence-electron chi connectivity index (χ3n) is 3.09. The van der Waals surface area contributed by atoms with E-state index in [1.54, 1.807) is 6.07 Å². The van der Waals surface area contributed by atoms with E-state index >= 15 is 0 Å². The molecule has 1 heterocycles. The van der Waals surface area contributed by atoms with Crippen molar-refractivity contribution in [2.45, 2.75) is 33.6 Å². The highest BCUT2D eigenvalue weighted by molar-refractivity contribution is 5.93.